The monoisotopic (exact) mass is 484 g/mol. The second-order valence-corrected chi connectivity index (χ2v) is 8.55. The Labute approximate surface area is 199 Å². The number of rotatable bonds is 7. The van der Waals surface area contributed by atoms with Gasteiger partial charge in [-0.15, -0.1) is 11.8 Å². The summed E-state index contributed by atoms with van der Waals surface area (Å²) in [5, 5.41) is 0.260. The van der Waals surface area contributed by atoms with Crippen LogP contribution in [0.2, 0.25) is 0 Å². The molecule has 178 valence electrons. The first-order valence-corrected chi connectivity index (χ1v) is 11.9. The van der Waals surface area contributed by atoms with Gasteiger partial charge in [0.05, 0.1) is 17.9 Å². The van der Waals surface area contributed by atoms with E-state index in [1.165, 1.54) is 0 Å². The number of esters is 2. The van der Waals surface area contributed by atoms with Crippen LogP contribution in [0.15, 0.2) is 33.6 Å². The third-order valence-corrected chi connectivity index (χ3v) is 6.21. The molecule has 0 radical (unpaired) electrons. The van der Waals surface area contributed by atoms with Crippen LogP contribution in [0.4, 0.5) is 11.5 Å². The molecule has 1 atom stereocenters. The van der Waals surface area contributed by atoms with E-state index < -0.39 is 17.9 Å². The predicted octanol–water partition coefficient (Wildman–Crippen LogP) is 3.11. The summed E-state index contributed by atoms with van der Waals surface area (Å²) in [7, 11) is 0. The van der Waals surface area contributed by atoms with Crippen LogP contribution in [0.3, 0.4) is 0 Å². The Morgan fingerprint density at radius 3 is 2.65 bits per heavy atom. The van der Waals surface area contributed by atoms with Crippen molar-refractivity contribution in [1.82, 2.24) is 9.97 Å². The average Bonchev–Trinajstić information content (AvgIpc) is 3.37. The molecule has 0 saturated carbocycles. The van der Waals surface area contributed by atoms with Crippen LogP contribution >= 0.6 is 11.8 Å². The number of ether oxygens (including phenoxy) is 2. The summed E-state index contributed by atoms with van der Waals surface area (Å²) in [6.07, 6.45) is 2.04. The van der Waals surface area contributed by atoms with Gasteiger partial charge in [-0.2, -0.15) is 4.98 Å². The summed E-state index contributed by atoms with van der Waals surface area (Å²) in [6.45, 7) is 3.48. The number of carbonyl (C=O) groups excluding carboxylic acids is 3. The molecule has 11 heteroatoms. The van der Waals surface area contributed by atoms with Gasteiger partial charge in [-0.1, -0.05) is 0 Å². The first-order valence-electron chi connectivity index (χ1n) is 10.7. The number of aryl methyl sites for hydroxylation is 1. The quantitative estimate of drug-likeness (QED) is 0.393. The van der Waals surface area contributed by atoms with Crippen LogP contribution in [0, 0.1) is 12.8 Å². The lowest BCUT2D eigenvalue weighted by molar-refractivity contribution is -0.149. The number of furan rings is 1. The van der Waals surface area contributed by atoms with E-state index in [2.05, 4.69) is 9.97 Å². The Morgan fingerprint density at radius 2 is 1.97 bits per heavy atom. The fraction of sp³-hybridized carbons (Fsp3) is 0.348. The number of nitrogens with zero attached hydrogens (tertiary/aromatic N) is 3. The number of hydrogen-bond donors (Lipinski definition) is 1. The van der Waals surface area contributed by atoms with Crippen molar-refractivity contribution < 1.29 is 28.3 Å². The van der Waals surface area contributed by atoms with E-state index in [0.717, 1.165) is 10.6 Å². The topological polar surface area (TPSA) is 138 Å². The molecular formula is C23H24N4O6S. The molecule has 1 amide bonds. The fourth-order valence-corrected chi connectivity index (χ4v) is 4.24. The van der Waals surface area contributed by atoms with Gasteiger partial charge in [0.25, 0.3) is 0 Å². The van der Waals surface area contributed by atoms with E-state index in [1.54, 1.807) is 30.5 Å². The molecule has 1 fully saturated rings. The summed E-state index contributed by atoms with van der Waals surface area (Å²) in [5.74, 6) is -1.40. The maximum absolute atomic E-state index is 12.6. The molecule has 1 unspecified atom stereocenters. The highest BCUT2D eigenvalue weighted by atomic mass is 32.2. The van der Waals surface area contributed by atoms with Crippen molar-refractivity contribution in [3.05, 3.63) is 41.4 Å². The fourth-order valence-electron chi connectivity index (χ4n) is 3.83. The molecule has 4 rings (SSSR count). The van der Waals surface area contributed by atoms with Gasteiger partial charge in [-0.25, -0.2) is 9.78 Å². The largest absolute Gasteiger partial charge is 0.462 e. The standard InChI is InChI=1S/C23H24N4O6S/c1-4-31-23(30)18-12(2)33-21-19(18)20(24)25-16(26-21)11-32-22(29)13-9-17(28)27(10-13)14-5-7-15(34-3)8-6-14/h5-8,13H,4,9-11H2,1-3H3,(H2,24,25,26). The molecule has 2 aromatic heterocycles. The minimum absolute atomic E-state index is 0.0202. The molecule has 1 aliphatic rings. The number of hydrogen-bond acceptors (Lipinski definition) is 10. The molecule has 0 aliphatic carbocycles. The first kappa shape index (κ1) is 23.6. The number of carbonyl (C=O) groups is 3. The lowest BCUT2D eigenvalue weighted by Crippen LogP contribution is -2.26. The Balaban J connectivity index is 1.44. The van der Waals surface area contributed by atoms with Crippen molar-refractivity contribution >= 4 is 52.2 Å². The van der Waals surface area contributed by atoms with Crippen molar-refractivity contribution in [3.8, 4) is 0 Å². The zero-order valence-corrected chi connectivity index (χ0v) is 19.8. The molecule has 34 heavy (non-hydrogen) atoms. The van der Waals surface area contributed by atoms with Crippen molar-refractivity contribution in [1.29, 1.82) is 0 Å². The third-order valence-electron chi connectivity index (χ3n) is 5.47. The number of fused-ring (bicyclic) bond motifs is 1. The van der Waals surface area contributed by atoms with E-state index in [-0.39, 0.29) is 60.4 Å². The van der Waals surface area contributed by atoms with Gasteiger partial charge in [0.2, 0.25) is 11.6 Å². The molecule has 0 bridgehead atoms. The van der Waals surface area contributed by atoms with Crippen molar-refractivity contribution in [2.24, 2.45) is 5.92 Å². The Morgan fingerprint density at radius 1 is 1.24 bits per heavy atom. The maximum atomic E-state index is 12.6. The minimum Gasteiger partial charge on any atom is -0.462 e. The molecule has 0 spiro atoms. The maximum Gasteiger partial charge on any atom is 0.342 e. The second-order valence-electron chi connectivity index (χ2n) is 7.67. The summed E-state index contributed by atoms with van der Waals surface area (Å²) in [6, 6.07) is 7.58. The summed E-state index contributed by atoms with van der Waals surface area (Å²) < 4.78 is 16.0. The Kier molecular flexibility index (Phi) is 6.73. The molecule has 3 aromatic rings. The normalized spacial score (nSPS) is 15.7. The number of thioether (sulfide) groups is 1. The number of nitrogens with two attached hydrogens (primary N) is 1. The molecular weight excluding hydrogens is 460 g/mol. The molecule has 1 saturated heterocycles. The number of anilines is 2. The molecule has 2 N–H and O–H groups in total. The van der Waals surface area contributed by atoms with Gasteiger partial charge >= 0.3 is 11.9 Å². The SMILES string of the molecule is CCOC(=O)c1c(C)oc2nc(COC(=O)C3CC(=O)N(c4ccc(SC)cc4)C3)nc(N)c12. The van der Waals surface area contributed by atoms with Crippen molar-refractivity contribution in [3.63, 3.8) is 0 Å². The highest BCUT2D eigenvalue weighted by molar-refractivity contribution is 7.98. The van der Waals surface area contributed by atoms with Gasteiger partial charge in [0.1, 0.15) is 17.1 Å². The van der Waals surface area contributed by atoms with Crippen LogP contribution in [0.1, 0.15) is 35.3 Å². The van der Waals surface area contributed by atoms with E-state index >= 15 is 0 Å². The van der Waals surface area contributed by atoms with E-state index in [0.29, 0.717) is 5.76 Å². The molecule has 1 aliphatic heterocycles. The van der Waals surface area contributed by atoms with E-state index in [4.69, 9.17) is 19.6 Å². The number of nitrogen functional groups attached to an aromatic ring is 1. The van der Waals surface area contributed by atoms with Crippen LogP contribution in [0.5, 0.6) is 0 Å². The van der Waals surface area contributed by atoms with Gasteiger partial charge in [0.15, 0.2) is 12.4 Å². The van der Waals surface area contributed by atoms with Gasteiger partial charge in [-0.05, 0) is 44.4 Å². The first-order chi connectivity index (χ1) is 16.3. The summed E-state index contributed by atoms with van der Waals surface area (Å²) in [5.41, 5.74) is 7.06. The van der Waals surface area contributed by atoms with E-state index in [1.807, 2.05) is 30.5 Å². The molecule has 3 heterocycles. The summed E-state index contributed by atoms with van der Waals surface area (Å²) >= 11 is 1.61. The van der Waals surface area contributed by atoms with Gasteiger partial charge < -0.3 is 24.5 Å². The zero-order valence-electron chi connectivity index (χ0n) is 19.0. The summed E-state index contributed by atoms with van der Waals surface area (Å²) in [4.78, 5) is 48.4. The minimum atomic E-state index is -0.602. The number of aromatic nitrogens is 2. The van der Waals surface area contributed by atoms with Gasteiger partial charge in [-0.3, -0.25) is 9.59 Å². The van der Waals surface area contributed by atoms with Crippen molar-refractivity contribution in [2.45, 2.75) is 31.8 Å². The van der Waals surface area contributed by atoms with Crippen LogP contribution < -0.4 is 10.6 Å². The molecule has 1 aromatic carbocycles. The van der Waals surface area contributed by atoms with Crippen molar-refractivity contribution in [2.75, 3.05) is 30.0 Å². The van der Waals surface area contributed by atoms with Crippen LogP contribution in [-0.2, 0) is 25.7 Å². The lowest BCUT2D eigenvalue weighted by Gasteiger charge is -2.16. The average molecular weight is 485 g/mol. The van der Waals surface area contributed by atoms with Crippen LogP contribution in [-0.4, -0.2) is 47.2 Å². The Bertz CT molecular complexity index is 1260. The highest BCUT2D eigenvalue weighted by Gasteiger charge is 2.36. The molecule has 10 nitrogen and oxygen atoms in total. The van der Waals surface area contributed by atoms with Gasteiger partial charge in [0, 0.05) is 23.5 Å². The smallest absolute Gasteiger partial charge is 0.342 e. The van der Waals surface area contributed by atoms with Crippen LogP contribution in [0.25, 0.3) is 11.1 Å². The third kappa shape index (κ3) is 4.56. The predicted molar refractivity (Wildman–Crippen MR) is 125 cm³/mol. The number of benzene rings is 1. The lowest BCUT2D eigenvalue weighted by atomic mass is 10.1. The van der Waals surface area contributed by atoms with E-state index in [9.17, 15) is 14.4 Å². The Hall–Kier alpha value is -3.60. The zero-order chi connectivity index (χ0) is 24.4. The highest BCUT2D eigenvalue weighted by Crippen LogP contribution is 2.30. The second kappa shape index (κ2) is 9.72. The number of amides is 1.